The number of anilines is 1. The molecule has 0 aliphatic carbocycles. The molecular formula is C14H19BrN2OS. The lowest BCUT2D eigenvalue weighted by molar-refractivity contribution is -0.117. The van der Waals surface area contributed by atoms with E-state index >= 15 is 0 Å². The Bertz CT molecular complexity index is 504. The number of likely N-dealkylation sites (N-methyl/N-ethyl adjacent to an activating group) is 1. The molecule has 0 spiro atoms. The van der Waals surface area contributed by atoms with Crippen molar-refractivity contribution in [3.8, 4) is 0 Å². The van der Waals surface area contributed by atoms with E-state index in [1.807, 2.05) is 17.8 Å². The highest BCUT2D eigenvalue weighted by molar-refractivity contribution is 9.10. The third-order valence-corrected chi connectivity index (χ3v) is 5.90. The molecule has 3 nitrogen and oxygen atoms in total. The lowest BCUT2D eigenvalue weighted by Crippen LogP contribution is -2.23. The van der Waals surface area contributed by atoms with Crippen LogP contribution in [-0.4, -0.2) is 18.2 Å². The highest BCUT2D eigenvalue weighted by atomic mass is 79.9. The summed E-state index contributed by atoms with van der Waals surface area (Å²) in [5.41, 5.74) is 1.94. The Labute approximate surface area is 127 Å². The standard InChI is InChI=1S/C14H19BrN2OS/c1-7(2)8(3)19-12-6-11-9(5-10(12)15)13(16-4)14(18)17-11/h5-8,13,16H,1-4H3,(H,17,18). The van der Waals surface area contributed by atoms with Gasteiger partial charge in [-0.25, -0.2) is 0 Å². The van der Waals surface area contributed by atoms with Gasteiger partial charge in [0.2, 0.25) is 5.91 Å². The van der Waals surface area contributed by atoms with Gasteiger partial charge in [0.25, 0.3) is 0 Å². The number of hydrogen-bond donors (Lipinski definition) is 2. The van der Waals surface area contributed by atoms with Crippen molar-refractivity contribution in [2.45, 2.75) is 37.0 Å². The molecular weight excluding hydrogens is 324 g/mol. The third-order valence-electron chi connectivity index (χ3n) is 3.48. The van der Waals surface area contributed by atoms with Crippen molar-refractivity contribution < 1.29 is 4.79 Å². The number of nitrogens with one attached hydrogen (secondary N) is 2. The maximum atomic E-state index is 11.8. The normalized spacial score (nSPS) is 19.5. The summed E-state index contributed by atoms with van der Waals surface area (Å²) in [5.74, 6) is 0.633. The van der Waals surface area contributed by atoms with Crippen LogP contribution in [0.25, 0.3) is 0 Å². The lowest BCUT2D eigenvalue weighted by Gasteiger charge is -2.17. The molecule has 0 radical (unpaired) electrons. The van der Waals surface area contributed by atoms with Gasteiger partial charge in [-0.15, -0.1) is 11.8 Å². The maximum Gasteiger partial charge on any atom is 0.246 e. The largest absolute Gasteiger partial charge is 0.324 e. The quantitative estimate of drug-likeness (QED) is 0.817. The van der Waals surface area contributed by atoms with E-state index in [0.717, 1.165) is 15.7 Å². The molecule has 1 aromatic carbocycles. The van der Waals surface area contributed by atoms with Gasteiger partial charge in [-0.05, 0) is 41.0 Å². The number of carbonyl (C=O) groups excluding carboxylic acids is 1. The van der Waals surface area contributed by atoms with Crippen LogP contribution in [0.1, 0.15) is 32.4 Å². The molecule has 2 rings (SSSR count). The smallest absolute Gasteiger partial charge is 0.246 e. The van der Waals surface area contributed by atoms with E-state index < -0.39 is 0 Å². The first-order valence-corrected chi connectivity index (χ1v) is 8.09. The Kier molecular flexibility index (Phi) is 4.58. The molecule has 19 heavy (non-hydrogen) atoms. The van der Waals surface area contributed by atoms with Crippen LogP contribution in [-0.2, 0) is 4.79 Å². The summed E-state index contributed by atoms with van der Waals surface area (Å²) in [6.45, 7) is 6.67. The fourth-order valence-electron chi connectivity index (χ4n) is 1.98. The van der Waals surface area contributed by atoms with Gasteiger partial charge in [0.15, 0.2) is 0 Å². The van der Waals surface area contributed by atoms with E-state index in [9.17, 15) is 4.79 Å². The van der Waals surface area contributed by atoms with Crippen molar-refractivity contribution in [3.05, 3.63) is 22.2 Å². The van der Waals surface area contributed by atoms with Crippen LogP contribution in [0.15, 0.2) is 21.5 Å². The Hall–Kier alpha value is -0.520. The molecule has 0 saturated carbocycles. The summed E-state index contributed by atoms with van der Waals surface area (Å²) >= 11 is 5.45. The number of amides is 1. The van der Waals surface area contributed by atoms with Crippen molar-refractivity contribution in [1.29, 1.82) is 0 Å². The van der Waals surface area contributed by atoms with Gasteiger partial charge in [0.05, 0.1) is 0 Å². The van der Waals surface area contributed by atoms with Crippen LogP contribution in [0.3, 0.4) is 0 Å². The fourth-order valence-corrected chi connectivity index (χ4v) is 3.65. The van der Waals surface area contributed by atoms with Crippen LogP contribution < -0.4 is 10.6 Å². The van der Waals surface area contributed by atoms with Crippen molar-refractivity contribution in [3.63, 3.8) is 0 Å². The Morgan fingerprint density at radius 1 is 1.37 bits per heavy atom. The minimum Gasteiger partial charge on any atom is -0.324 e. The first-order valence-electron chi connectivity index (χ1n) is 6.42. The fraction of sp³-hybridized carbons (Fsp3) is 0.500. The van der Waals surface area contributed by atoms with Gasteiger partial charge in [0.1, 0.15) is 6.04 Å². The van der Waals surface area contributed by atoms with Gasteiger partial charge < -0.3 is 10.6 Å². The number of carbonyl (C=O) groups is 1. The molecule has 0 fully saturated rings. The predicted octanol–water partition coefficient (Wildman–Crippen LogP) is 3.80. The van der Waals surface area contributed by atoms with Gasteiger partial charge in [0, 0.05) is 25.9 Å². The summed E-state index contributed by atoms with van der Waals surface area (Å²) in [6, 6.07) is 3.87. The first-order chi connectivity index (χ1) is 8.93. The maximum absolute atomic E-state index is 11.8. The molecule has 1 amide bonds. The monoisotopic (exact) mass is 342 g/mol. The summed E-state index contributed by atoms with van der Waals surface area (Å²) < 4.78 is 1.06. The first kappa shape index (κ1) is 14.9. The van der Waals surface area contributed by atoms with Gasteiger partial charge >= 0.3 is 0 Å². The van der Waals surface area contributed by atoms with Crippen LogP contribution in [0.5, 0.6) is 0 Å². The zero-order valence-corrected chi connectivity index (χ0v) is 14.0. The molecule has 0 bridgehead atoms. The highest BCUT2D eigenvalue weighted by Gasteiger charge is 2.30. The molecule has 0 saturated heterocycles. The van der Waals surface area contributed by atoms with Gasteiger partial charge in [-0.1, -0.05) is 20.8 Å². The van der Waals surface area contributed by atoms with E-state index in [4.69, 9.17) is 0 Å². The minimum atomic E-state index is -0.243. The topological polar surface area (TPSA) is 41.1 Å². The number of hydrogen-bond acceptors (Lipinski definition) is 3. The molecule has 1 aliphatic heterocycles. The third kappa shape index (κ3) is 2.98. The van der Waals surface area contributed by atoms with Crippen molar-refractivity contribution in [2.75, 3.05) is 12.4 Å². The van der Waals surface area contributed by atoms with Crippen molar-refractivity contribution in [1.82, 2.24) is 5.32 Å². The number of halogens is 1. The van der Waals surface area contributed by atoms with Crippen LogP contribution in [0.2, 0.25) is 0 Å². The second-order valence-electron chi connectivity index (χ2n) is 5.15. The molecule has 1 heterocycles. The number of rotatable bonds is 4. The Morgan fingerprint density at radius 3 is 2.63 bits per heavy atom. The zero-order chi connectivity index (χ0) is 14.2. The predicted molar refractivity (Wildman–Crippen MR) is 84.7 cm³/mol. The SMILES string of the molecule is CNC1C(=O)Nc2cc(SC(C)C(C)C)c(Br)cc21. The molecule has 2 N–H and O–H groups in total. The Morgan fingerprint density at radius 2 is 2.05 bits per heavy atom. The molecule has 5 heteroatoms. The molecule has 2 atom stereocenters. The van der Waals surface area contributed by atoms with Crippen LogP contribution >= 0.6 is 27.7 Å². The van der Waals surface area contributed by atoms with E-state index in [1.165, 1.54) is 4.90 Å². The molecule has 1 aromatic rings. The molecule has 104 valence electrons. The average molecular weight is 343 g/mol. The van der Waals surface area contributed by atoms with Crippen LogP contribution in [0, 0.1) is 5.92 Å². The summed E-state index contributed by atoms with van der Waals surface area (Å²) in [5, 5.41) is 6.50. The lowest BCUT2D eigenvalue weighted by atomic mass is 10.1. The number of benzene rings is 1. The summed E-state index contributed by atoms with van der Waals surface area (Å²) in [4.78, 5) is 13.0. The second-order valence-corrected chi connectivity index (χ2v) is 7.42. The van der Waals surface area contributed by atoms with E-state index in [0.29, 0.717) is 11.2 Å². The average Bonchev–Trinajstić information content (AvgIpc) is 2.64. The van der Waals surface area contributed by atoms with Crippen molar-refractivity contribution >= 4 is 39.3 Å². The zero-order valence-electron chi connectivity index (χ0n) is 11.6. The molecule has 1 aliphatic rings. The number of fused-ring (bicyclic) bond motifs is 1. The second kappa shape index (κ2) is 5.85. The number of thioether (sulfide) groups is 1. The highest BCUT2D eigenvalue weighted by Crippen LogP contribution is 2.40. The molecule has 2 unspecified atom stereocenters. The van der Waals surface area contributed by atoms with E-state index in [-0.39, 0.29) is 11.9 Å². The molecule has 0 aromatic heterocycles. The van der Waals surface area contributed by atoms with Crippen LogP contribution in [0.4, 0.5) is 5.69 Å². The van der Waals surface area contributed by atoms with E-state index in [1.54, 1.807) is 7.05 Å². The van der Waals surface area contributed by atoms with Crippen molar-refractivity contribution in [2.24, 2.45) is 5.92 Å². The van der Waals surface area contributed by atoms with Gasteiger partial charge in [-0.3, -0.25) is 4.79 Å². The van der Waals surface area contributed by atoms with E-state index in [2.05, 4.69) is 53.4 Å². The summed E-state index contributed by atoms with van der Waals surface area (Å²) in [7, 11) is 1.80. The van der Waals surface area contributed by atoms with Gasteiger partial charge in [-0.2, -0.15) is 0 Å². The summed E-state index contributed by atoms with van der Waals surface area (Å²) in [6.07, 6.45) is 0. The minimum absolute atomic E-state index is 0.0171. The Balaban J connectivity index is 2.31.